The van der Waals surface area contributed by atoms with E-state index in [1.54, 1.807) is 0 Å². The first kappa shape index (κ1) is 108. The van der Waals surface area contributed by atoms with E-state index in [0.29, 0.717) is 31.1 Å². The van der Waals surface area contributed by atoms with Gasteiger partial charge in [0.05, 0.1) is 13.1 Å². The average Bonchev–Trinajstić information content (AvgIpc) is 0.772. The van der Waals surface area contributed by atoms with Gasteiger partial charge >= 0.3 is 0 Å². The third-order valence-electron chi connectivity index (χ3n) is 28.3. The van der Waals surface area contributed by atoms with Gasteiger partial charge < -0.3 is 56.0 Å². The predicted molar refractivity (Wildman–Crippen MR) is 544 cm³/mol. The van der Waals surface area contributed by atoms with Crippen molar-refractivity contribution in [1.29, 1.82) is 0 Å². The first-order valence-corrected chi connectivity index (χ1v) is 53.1. The van der Waals surface area contributed by atoms with Crippen molar-refractivity contribution in [3.8, 4) is 0 Å². The summed E-state index contributed by atoms with van der Waals surface area (Å²) in [5.74, 6) is 8.49. The Hall–Kier alpha value is -4.45. The summed E-state index contributed by atoms with van der Waals surface area (Å²) in [5.41, 5.74) is -0.588. The number of anilines is 6. The van der Waals surface area contributed by atoms with E-state index in [1.165, 1.54) is 25.7 Å². The van der Waals surface area contributed by atoms with E-state index in [-0.39, 0.29) is 73.5 Å². The van der Waals surface area contributed by atoms with Gasteiger partial charge in [0.2, 0.25) is 35.7 Å². The fraction of sp³-hybridized carbons (Fsp3) is 0.914. The van der Waals surface area contributed by atoms with Gasteiger partial charge in [-0.15, -0.1) is 0 Å². The molecule has 127 heavy (non-hydrogen) atoms. The molecule has 0 saturated carbocycles. The molecule has 8 heterocycles. The minimum absolute atomic E-state index is 0.0188. The van der Waals surface area contributed by atoms with Crippen molar-refractivity contribution in [3.63, 3.8) is 0 Å². The van der Waals surface area contributed by atoms with Crippen LogP contribution in [0.15, 0.2) is 0 Å². The van der Waals surface area contributed by atoms with Gasteiger partial charge in [0.15, 0.2) is 0 Å². The Morgan fingerprint density at radius 3 is 0.709 bits per heavy atom. The maximum absolute atomic E-state index is 6.01. The molecule has 0 amide bonds. The Kier molecular flexibility index (Phi) is 41.8. The fourth-order valence-corrected chi connectivity index (χ4v) is 23.9. The van der Waals surface area contributed by atoms with Crippen molar-refractivity contribution in [2.75, 3.05) is 101 Å². The highest BCUT2D eigenvalue weighted by Gasteiger charge is 2.47. The van der Waals surface area contributed by atoms with Crippen LogP contribution in [-0.2, 0) is 13.1 Å². The highest BCUT2D eigenvalue weighted by atomic mass is 15.4. The molecular weight excluding hydrogens is 1570 g/mol. The molecule has 0 bridgehead atoms. The molecule has 730 valence electrons. The topological polar surface area (TPSA) is 202 Å². The van der Waals surface area contributed by atoms with E-state index in [4.69, 9.17) is 44.9 Å². The first-order valence-electron chi connectivity index (χ1n) is 53.1. The quantitative estimate of drug-likeness (QED) is 0.0334. The van der Waals surface area contributed by atoms with Crippen molar-refractivity contribution in [2.45, 2.75) is 549 Å². The van der Waals surface area contributed by atoms with Crippen molar-refractivity contribution in [2.24, 2.45) is 0 Å². The van der Waals surface area contributed by atoms with Gasteiger partial charge in [-0.3, -0.25) is 9.80 Å². The van der Waals surface area contributed by atoms with E-state index in [2.05, 4.69) is 267 Å². The second kappa shape index (κ2) is 49.2. The summed E-state index contributed by atoms with van der Waals surface area (Å²) in [6.07, 6.45) is 41.8. The van der Waals surface area contributed by atoms with E-state index < -0.39 is 0 Å². The van der Waals surface area contributed by atoms with E-state index in [0.717, 1.165) is 343 Å². The molecule has 0 unspecified atom stereocenters. The van der Waals surface area contributed by atoms with Gasteiger partial charge in [-0.2, -0.15) is 44.9 Å². The molecule has 5 aliphatic heterocycles. The number of aromatic nitrogens is 9. The minimum atomic E-state index is -0.101. The zero-order valence-electron chi connectivity index (χ0n) is 88.1. The summed E-state index contributed by atoms with van der Waals surface area (Å²) >= 11 is 0. The van der Waals surface area contributed by atoms with Gasteiger partial charge in [-0.1, -0.05) is 159 Å². The van der Waals surface area contributed by atoms with Crippen LogP contribution in [-0.4, -0.2) is 212 Å². The molecule has 0 atom stereocenters. The van der Waals surface area contributed by atoms with Gasteiger partial charge in [0.25, 0.3) is 0 Å². The summed E-state index contributed by atoms with van der Waals surface area (Å²) < 4.78 is 0. The molecule has 22 nitrogen and oxygen atoms in total. The molecule has 8 rings (SSSR count). The molecule has 0 radical (unpaired) electrons. The van der Waals surface area contributed by atoms with Crippen LogP contribution < -0.4 is 56.0 Å². The Labute approximate surface area is 780 Å². The Bertz CT molecular complexity index is 3450. The zero-order chi connectivity index (χ0) is 93.2. The first-order chi connectivity index (χ1) is 59.8. The fourth-order valence-electron chi connectivity index (χ4n) is 23.9. The van der Waals surface area contributed by atoms with Crippen LogP contribution in [0.3, 0.4) is 0 Å². The van der Waals surface area contributed by atoms with Crippen molar-refractivity contribution in [1.82, 2.24) is 81.2 Å². The Morgan fingerprint density at radius 2 is 0.433 bits per heavy atom. The average molecular weight is 1770 g/mol. The lowest BCUT2D eigenvalue weighted by Crippen LogP contribution is -2.63. The van der Waals surface area contributed by atoms with Crippen molar-refractivity contribution < 1.29 is 0 Å². The number of rotatable bonds is 57. The van der Waals surface area contributed by atoms with Crippen LogP contribution in [0.1, 0.15) is 468 Å². The maximum Gasteiger partial charge on any atom is 0.230 e. The maximum atomic E-state index is 6.01. The van der Waals surface area contributed by atoms with Gasteiger partial charge in [0.1, 0.15) is 17.5 Å². The molecule has 5 N–H and O–H groups in total. The van der Waals surface area contributed by atoms with Gasteiger partial charge in [-0.05, 0) is 299 Å². The summed E-state index contributed by atoms with van der Waals surface area (Å²) in [6.45, 7) is 81.2. The highest BCUT2D eigenvalue weighted by molar-refractivity contribution is 5.45. The molecule has 0 aliphatic carbocycles. The summed E-state index contributed by atoms with van der Waals surface area (Å²) in [4.78, 5) is 72.7. The molecular formula is C105H200N22. The van der Waals surface area contributed by atoms with Crippen LogP contribution >= 0.6 is 0 Å². The third kappa shape index (κ3) is 35.4. The molecule has 3 aromatic heterocycles. The largest absolute Gasteiger partial charge is 0.341 e. The summed E-state index contributed by atoms with van der Waals surface area (Å²) in [6, 6.07) is 1.44. The molecule has 0 spiro atoms. The molecule has 5 aliphatic rings. The number of hydrogen-bond donors (Lipinski definition) is 5. The van der Waals surface area contributed by atoms with Gasteiger partial charge in [-0.25, -0.2) is 0 Å². The monoisotopic (exact) mass is 1770 g/mol. The SMILES string of the molecule is CCCCC(CCCC)c1nc(N(CCCC)CCCC)nc(N(CCCCCCN(Cc2nc(N(CCCC)C3CC(C)(C)NC(C)(C)C3)nc(N(CCCCCCN(Cc3nc(N(CCCC)CCCC)nc(N(CCCC)CCCC)n3)C3CC(C)(C)NC(C)(C)C3)C3CC(C)(C)NC(C)(C)C3)n2)C2CC(C)(C)NC(C)(C)C2)C2CC(C)(C)NC(C)(C)C2)n1. The van der Waals surface area contributed by atoms with E-state index in [9.17, 15) is 0 Å². The van der Waals surface area contributed by atoms with Crippen LogP contribution in [0.2, 0.25) is 0 Å². The number of piperidine rings is 5. The number of hydrogen-bond acceptors (Lipinski definition) is 22. The molecule has 5 saturated heterocycles. The molecule has 3 aromatic rings. The predicted octanol–water partition coefficient (Wildman–Crippen LogP) is 22.8. The second-order valence-electron chi connectivity index (χ2n) is 47.5. The lowest BCUT2D eigenvalue weighted by molar-refractivity contribution is 0.0583. The van der Waals surface area contributed by atoms with Crippen LogP contribution in [0.5, 0.6) is 0 Å². The van der Waals surface area contributed by atoms with E-state index in [1.807, 2.05) is 0 Å². The minimum Gasteiger partial charge on any atom is -0.341 e. The number of nitrogens with zero attached hydrogens (tertiary/aromatic N) is 17. The number of unbranched alkanes of at least 4 members (excludes halogenated alkanes) is 15. The van der Waals surface area contributed by atoms with Crippen LogP contribution in [0.25, 0.3) is 0 Å². The lowest BCUT2D eigenvalue weighted by atomic mass is 9.79. The summed E-state index contributed by atoms with van der Waals surface area (Å²) in [7, 11) is 0. The van der Waals surface area contributed by atoms with Gasteiger partial charge in [0, 0.05) is 150 Å². The highest BCUT2D eigenvalue weighted by Crippen LogP contribution is 2.42. The standard InChI is InChI=1S/C105H200N22/c1-30-39-56-81(57-40-31-2)89-110-92(122(62-45-36-7)63-46-37-8)113-95(111-89)127(86-77-104(26,27)119-105(28,29)78-86)68-55-51-49-53-65-124(83-71-98(14,15)116-99(16,17)72-83)80-88-108-93(125(66-47-38-9)84-73-100(18,19)117-101(20,21)74-84)114-94(109-88)126(85-75-102(22,23)118-103(24,25)76-85)67-54-50-48-52-64-123(82-69-96(10,11)115-97(12,13)70-82)79-87-106-90(120(58-41-32-3)59-42-33-4)112-91(107-87)121(60-43-34-5)61-44-35-6/h81-86,115-119H,30-80H2,1-29H3. The third-order valence-corrected chi connectivity index (χ3v) is 28.3. The lowest BCUT2D eigenvalue weighted by Gasteiger charge is -2.50. The normalized spacial score (nSPS) is 20.4. The molecule has 5 fully saturated rings. The van der Waals surface area contributed by atoms with E-state index >= 15 is 0 Å². The molecule has 0 aromatic carbocycles. The van der Waals surface area contributed by atoms with Crippen molar-refractivity contribution in [3.05, 3.63) is 17.5 Å². The Balaban J connectivity index is 1.16. The Morgan fingerprint density at radius 1 is 0.228 bits per heavy atom. The second-order valence-corrected chi connectivity index (χ2v) is 47.5. The molecule has 22 heteroatoms. The number of nitrogens with one attached hydrogen (secondary N) is 5. The summed E-state index contributed by atoms with van der Waals surface area (Å²) in [5, 5.41) is 20.4. The van der Waals surface area contributed by atoms with Crippen LogP contribution in [0.4, 0.5) is 35.7 Å². The smallest absolute Gasteiger partial charge is 0.230 e. The zero-order valence-corrected chi connectivity index (χ0v) is 88.1. The van der Waals surface area contributed by atoms with Crippen molar-refractivity contribution >= 4 is 35.7 Å². The van der Waals surface area contributed by atoms with Crippen LogP contribution in [0, 0.1) is 0 Å².